The molecule has 0 spiro atoms. The number of hydrogen-bond acceptors (Lipinski definition) is 9. The molecule has 2 heterocycles. The van der Waals surface area contributed by atoms with Crippen molar-refractivity contribution in [1.82, 2.24) is 4.90 Å². The zero-order chi connectivity index (χ0) is 32.3. The second kappa shape index (κ2) is 14.7. The number of hydrogen-bond donors (Lipinski definition) is 2. The summed E-state index contributed by atoms with van der Waals surface area (Å²) in [6.45, 7) is 15.8. The van der Waals surface area contributed by atoms with Crippen molar-refractivity contribution >= 4 is 21.9 Å². The predicted molar refractivity (Wildman–Crippen MR) is 168 cm³/mol. The fourth-order valence-electron chi connectivity index (χ4n) is 6.55. The average Bonchev–Trinajstić information content (AvgIpc) is 2.92. The third kappa shape index (κ3) is 8.81. The van der Waals surface area contributed by atoms with Crippen molar-refractivity contribution < 1.29 is 38.7 Å². The van der Waals surface area contributed by atoms with E-state index in [2.05, 4.69) is 27.8 Å². The first-order chi connectivity index (χ1) is 20.0. The summed E-state index contributed by atoms with van der Waals surface area (Å²) in [5.41, 5.74) is 0.530. The lowest BCUT2D eigenvalue weighted by molar-refractivity contribution is -0.298. The minimum Gasteiger partial charge on any atom is -0.456 e. The van der Waals surface area contributed by atoms with Crippen LogP contribution < -0.4 is 0 Å². The molecule has 0 amide bonds. The van der Waals surface area contributed by atoms with Crippen LogP contribution >= 0.6 is 15.9 Å². The second-order valence-corrected chi connectivity index (χ2v) is 14.2. The SMILES string of the molecule is CO[C@](C)(C[C@@H](C)CN(C)[C@@H](CO)c1ccc(Br)cc1)[C@H](O[C@@H]1O[C@H](C)C[C@H](C)[C@H]1O)[C@@H](C)C1=C(C)C(=O)OC(C)(C)O1. The van der Waals surface area contributed by atoms with Crippen molar-refractivity contribution in [3.05, 3.63) is 45.6 Å². The Morgan fingerprint density at radius 1 is 1.19 bits per heavy atom. The highest BCUT2D eigenvalue weighted by Gasteiger charge is 2.48. The number of halogens is 1. The highest BCUT2D eigenvalue weighted by molar-refractivity contribution is 9.10. The van der Waals surface area contributed by atoms with Gasteiger partial charge in [0.25, 0.3) is 0 Å². The van der Waals surface area contributed by atoms with Crippen LogP contribution in [0.1, 0.15) is 79.8 Å². The molecule has 244 valence electrons. The van der Waals surface area contributed by atoms with Gasteiger partial charge in [0, 0.05) is 37.9 Å². The monoisotopic (exact) mass is 669 g/mol. The Hall–Kier alpha value is -1.53. The Labute approximate surface area is 266 Å². The molecule has 1 aromatic rings. The minimum absolute atomic E-state index is 0.0131. The fraction of sp³-hybridized carbons (Fsp3) is 0.727. The molecule has 2 aliphatic heterocycles. The van der Waals surface area contributed by atoms with Gasteiger partial charge in [-0.1, -0.05) is 48.8 Å². The number of ether oxygens (including phenoxy) is 5. The molecule has 1 aromatic carbocycles. The molecule has 43 heavy (non-hydrogen) atoms. The summed E-state index contributed by atoms with van der Waals surface area (Å²) in [6.07, 6.45) is -1.14. The number of nitrogens with zero attached hydrogens (tertiary/aromatic N) is 1. The molecule has 9 atom stereocenters. The molecule has 0 saturated carbocycles. The molecule has 1 saturated heterocycles. The number of benzene rings is 1. The maximum Gasteiger partial charge on any atom is 0.340 e. The van der Waals surface area contributed by atoms with Gasteiger partial charge >= 0.3 is 5.97 Å². The molecule has 2 aliphatic rings. The van der Waals surface area contributed by atoms with Gasteiger partial charge in [-0.05, 0) is 70.2 Å². The van der Waals surface area contributed by atoms with E-state index in [1.165, 1.54) is 0 Å². The maximum absolute atomic E-state index is 12.8. The number of carbonyl (C=O) groups is 1. The quantitative estimate of drug-likeness (QED) is 0.260. The van der Waals surface area contributed by atoms with Gasteiger partial charge < -0.3 is 33.9 Å². The summed E-state index contributed by atoms with van der Waals surface area (Å²) in [7, 11) is 3.66. The lowest BCUT2D eigenvalue weighted by Crippen LogP contribution is -2.55. The Morgan fingerprint density at radius 2 is 1.81 bits per heavy atom. The maximum atomic E-state index is 12.8. The van der Waals surface area contributed by atoms with Crippen molar-refractivity contribution in [3.63, 3.8) is 0 Å². The Bertz CT molecular complexity index is 1110. The summed E-state index contributed by atoms with van der Waals surface area (Å²) in [5.74, 6) is -1.46. The van der Waals surface area contributed by atoms with Crippen LogP contribution in [0.3, 0.4) is 0 Å². The number of likely N-dealkylation sites (N-methyl/N-ethyl adjacent to an activating group) is 1. The number of aliphatic hydroxyl groups excluding tert-OH is 2. The lowest BCUT2D eigenvalue weighted by Gasteiger charge is -2.47. The minimum atomic E-state index is -1.14. The number of aliphatic hydroxyl groups is 2. The average molecular weight is 671 g/mol. The molecule has 10 heteroatoms. The molecule has 1 fully saturated rings. The number of cyclic esters (lactones) is 1. The van der Waals surface area contributed by atoms with Crippen LogP contribution in [-0.2, 0) is 28.5 Å². The standard InChI is InChI=1S/C33H52BrNO8/c1-19(17-35(9)26(18-36)24-11-13-25(34)14-12-24)16-33(8,39-10)29(41-31-27(37)20(2)15-21(3)40-31)22(4)28-23(5)30(38)43-32(6,7)42-28/h11-14,19-22,26-27,29,31,36-37H,15-18H2,1-10H3/t19-,20+,21-,22+,26+,27-,29-,31+,33-/m1/s1. The molecule has 9 nitrogen and oxygen atoms in total. The summed E-state index contributed by atoms with van der Waals surface area (Å²) >= 11 is 3.48. The van der Waals surface area contributed by atoms with Crippen molar-refractivity contribution in [2.24, 2.45) is 17.8 Å². The van der Waals surface area contributed by atoms with Crippen molar-refractivity contribution in [2.45, 2.75) is 110 Å². The van der Waals surface area contributed by atoms with Gasteiger partial charge in [-0.15, -0.1) is 0 Å². The Balaban J connectivity index is 1.92. The van der Waals surface area contributed by atoms with Crippen LogP contribution in [0.5, 0.6) is 0 Å². The summed E-state index contributed by atoms with van der Waals surface area (Å²) in [5, 5.41) is 21.3. The van der Waals surface area contributed by atoms with E-state index in [4.69, 9.17) is 23.7 Å². The van der Waals surface area contributed by atoms with Crippen molar-refractivity contribution in [2.75, 3.05) is 27.3 Å². The normalized spacial score (nSPS) is 28.5. The summed E-state index contributed by atoms with van der Waals surface area (Å²) in [6, 6.07) is 7.82. The fourth-order valence-corrected chi connectivity index (χ4v) is 6.82. The Morgan fingerprint density at radius 3 is 2.40 bits per heavy atom. The largest absolute Gasteiger partial charge is 0.456 e. The predicted octanol–water partition coefficient (Wildman–Crippen LogP) is 5.58. The summed E-state index contributed by atoms with van der Waals surface area (Å²) in [4.78, 5) is 14.9. The van der Waals surface area contributed by atoms with E-state index in [-0.39, 0.29) is 30.6 Å². The topological polar surface area (TPSA) is 107 Å². The third-order valence-corrected chi connectivity index (χ3v) is 9.36. The molecular weight excluding hydrogens is 618 g/mol. The second-order valence-electron chi connectivity index (χ2n) is 13.3. The zero-order valence-electron chi connectivity index (χ0n) is 27.4. The first kappa shape index (κ1) is 35.9. The van der Waals surface area contributed by atoms with Gasteiger partial charge in [-0.2, -0.15) is 0 Å². The van der Waals surface area contributed by atoms with Crippen LogP contribution in [0.4, 0.5) is 0 Å². The number of carbonyl (C=O) groups excluding carboxylic acids is 1. The van der Waals surface area contributed by atoms with E-state index >= 15 is 0 Å². The van der Waals surface area contributed by atoms with Crippen molar-refractivity contribution in [1.29, 1.82) is 0 Å². The van der Waals surface area contributed by atoms with Gasteiger partial charge in [0.15, 0.2) is 6.29 Å². The van der Waals surface area contributed by atoms with Crippen LogP contribution in [0, 0.1) is 17.8 Å². The molecule has 0 unspecified atom stereocenters. The lowest BCUT2D eigenvalue weighted by atomic mass is 9.80. The van der Waals surface area contributed by atoms with E-state index in [1.54, 1.807) is 27.9 Å². The first-order valence-electron chi connectivity index (χ1n) is 15.3. The van der Waals surface area contributed by atoms with E-state index in [1.807, 2.05) is 59.0 Å². The van der Waals surface area contributed by atoms with Gasteiger partial charge in [0.05, 0.1) is 36.0 Å². The van der Waals surface area contributed by atoms with E-state index < -0.39 is 41.8 Å². The molecule has 0 aliphatic carbocycles. The first-order valence-corrected chi connectivity index (χ1v) is 16.0. The van der Waals surface area contributed by atoms with Crippen LogP contribution in [0.15, 0.2) is 40.1 Å². The van der Waals surface area contributed by atoms with Crippen LogP contribution in [0.2, 0.25) is 0 Å². The zero-order valence-corrected chi connectivity index (χ0v) is 29.0. The number of esters is 1. The van der Waals surface area contributed by atoms with Crippen molar-refractivity contribution in [3.8, 4) is 0 Å². The molecule has 2 N–H and O–H groups in total. The third-order valence-electron chi connectivity index (χ3n) is 8.83. The smallest absolute Gasteiger partial charge is 0.340 e. The molecule has 3 rings (SSSR count). The number of rotatable bonds is 13. The van der Waals surface area contributed by atoms with E-state index in [0.29, 0.717) is 24.3 Å². The van der Waals surface area contributed by atoms with E-state index in [9.17, 15) is 15.0 Å². The van der Waals surface area contributed by atoms with Gasteiger partial charge in [-0.25, -0.2) is 4.79 Å². The molecule has 0 radical (unpaired) electrons. The molecular formula is C33H52BrNO8. The van der Waals surface area contributed by atoms with Gasteiger partial charge in [0.1, 0.15) is 11.9 Å². The van der Waals surface area contributed by atoms with Gasteiger partial charge in [-0.3, -0.25) is 4.90 Å². The highest BCUT2D eigenvalue weighted by Crippen LogP contribution is 2.41. The van der Waals surface area contributed by atoms with E-state index in [0.717, 1.165) is 16.5 Å². The molecule has 0 bridgehead atoms. The Kier molecular flexibility index (Phi) is 12.3. The highest BCUT2D eigenvalue weighted by atomic mass is 79.9. The van der Waals surface area contributed by atoms with Crippen LogP contribution in [0.25, 0.3) is 0 Å². The van der Waals surface area contributed by atoms with Crippen LogP contribution in [-0.4, -0.2) is 84.4 Å². The number of methoxy groups -OCH3 is 1. The molecule has 0 aromatic heterocycles. The summed E-state index contributed by atoms with van der Waals surface area (Å²) < 4.78 is 31.8. The van der Waals surface area contributed by atoms with Gasteiger partial charge in [0.2, 0.25) is 5.79 Å².